The topological polar surface area (TPSA) is 52.0 Å². The SMILES string of the molecule is CN(c1ccc(C#N)cn1)C1CCCNCC1. The minimum absolute atomic E-state index is 0.547. The van der Waals surface area contributed by atoms with Crippen LogP contribution < -0.4 is 10.2 Å². The Morgan fingerprint density at radius 1 is 1.41 bits per heavy atom. The number of nitrogens with one attached hydrogen (secondary N) is 1. The lowest BCUT2D eigenvalue weighted by Gasteiger charge is -2.27. The second-order valence-corrected chi connectivity index (χ2v) is 4.46. The molecule has 1 aromatic heterocycles. The number of pyridine rings is 1. The smallest absolute Gasteiger partial charge is 0.128 e. The molecular weight excluding hydrogens is 212 g/mol. The summed E-state index contributed by atoms with van der Waals surface area (Å²) >= 11 is 0. The molecule has 1 aliphatic heterocycles. The van der Waals surface area contributed by atoms with Crippen molar-refractivity contribution in [1.29, 1.82) is 5.26 Å². The van der Waals surface area contributed by atoms with Crippen LogP contribution in [0.3, 0.4) is 0 Å². The van der Waals surface area contributed by atoms with E-state index in [9.17, 15) is 0 Å². The summed E-state index contributed by atoms with van der Waals surface area (Å²) in [6, 6.07) is 6.39. The average Bonchev–Trinajstić information content (AvgIpc) is 2.67. The Morgan fingerprint density at radius 3 is 3.00 bits per heavy atom. The molecule has 4 nitrogen and oxygen atoms in total. The molecule has 1 atom stereocenters. The van der Waals surface area contributed by atoms with Crippen LogP contribution in [-0.2, 0) is 0 Å². The van der Waals surface area contributed by atoms with E-state index in [4.69, 9.17) is 5.26 Å². The molecule has 90 valence electrons. The van der Waals surface area contributed by atoms with Crippen molar-refractivity contribution in [3.8, 4) is 6.07 Å². The first kappa shape index (κ1) is 11.9. The van der Waals surface area contributed by atoms with Gasteiger partial charge in [-0.25, -0.2) is 4.98 Å². The Labute approximate surface area is 102 Å². The maximum Gasteiger partial charge on any atom is 0.128 e. The van der Waals surface area contributed by atoms with Crippen LogP contribution >= 0.6 is 0 Å². The summed E-state index contributed by atoms with van der Waals surface area (Å²) in [6.07, 6.45) is 5.20. The zero-order valence-corrected chi connectivity index (χ0v) is 10.2. The van der Waals surface area contributed by atoms with Gasteiger partial charge in [0, 0.05) is 19.3 Å². The fraction of sp³-hybridized carbons (Fsp3) is 0.538. The Hall–Kier alpha value is -1.60. The highest BCUT2D eigenvalue weighted by Gasteiger charge is 2.17. The molecule has 0 radical (unpaired) electrons. The fourth-order valence-electron chi connectivity index (χ4n) is 2.24. The second kappa shape index (κ2) is 5.65. The third kappa shape index (κ3) is 2.95. The van der Waals surface area contributed by atoms with E-state index >= 15 is 0 Å². The summed E-state index contributed by atoms with van der Waals surface area (Å²) in [5.41, 5.74) is 0.615. The maximum atomic E-state index is 8.74. The van der Waals surface area contributed by atoms with Crippen LogP contribution in [0.2, 0.25) is 0 Å². The molecule has 1 aliphatic rings. The summed E-state index contributed by atoms with van der Waals surface area (Å²) in [5.74, 6) is 0.955. The van der Waals surface area contributed by atoms with Gasteiger partial charge in [-0.05, 0) is 44.5 Å². The Morgan fingerprint density at radius 2 is 2.29 bits per heavy atom. The summed E-state index contributed by atoms with van der Waals surface area (Å²) in [6.45, 7) is 2.19. The van der Waals surface area contributed by atoms with Crippen molar-refractivity contribution in [2.24, 2.45) is 0 Å². The molecule has 4 heteroatoms. The first-order chi connectivity index (χ1) is 8.31. The minimum Gasteiger partial charge on any atom is -0.357 e. The molecule has 1 fully saturated rings. The number of nitrogens with zero attached hydrogens (tertiary/aromatic N) is 3. The monoisotopic (exact) mass is 230 g/mol. The van der Waals surface area contributed by atoms with E-state index in [2.05, 4.69) is 28.3 Å². The second-order valence-electron chi connectivity index (χ2n) is 4.46. The quantitative estimate of drug-likeness (QED) is 0.837. The molecule has 0 amide bonds. The van der Waals surface area contributed by atoms with Crippen molar-refractivity contribution < 1.29 is 0 Å². The molecule has 1 unspecified atom stereocenters. The Bertz CT molecular complexity index is 385. The zero-order valence-electron chi connectivity index (χ0n) is 10.2. The van der Waals surface area contributed by atoms with Gasteiger partial charge in [0.15, 0.2) is 0 Å². The fourth-order valence-corrected chi connectivity index (χ4v) is 2.24. The van der Waals surface area contributed by atoms with E-state index in [0.717, 1.165) is 25.3 Å². The van der Waals surface area contributed by atoms with E-state index in [1.165, 1.54) is 12.8 Å². The first-order valence-electron chi connectivity index (χ1n) is 6.11. The normalized spacial score (nSPS) is 20.4. The third-order valence-electron chi connectivity index (χ3n) is 3.33. The Kier molecular flexibility index (Phi) is 3.94. The predicted molar refractivity (Wildman–Crippen MR) is 67.9 cm³/mol. The van der Waals surface area contributed by atoms with Crippen LogP contribution in [0.1, 0.15) is 24.8 Å². The van der Waals surface area contributed by atoms with Crippen molar-refractivity contribution in [2.75, 3.05) is 25.0 Å². The molecule has 0 aliphatic carbocycles. The highest BCUT2D eigenvalue weighted by atomic mass is 15.2. The molecule has 1 saturated heterocycles. The van der Waals surface area contributed by atoms with Gasteiger partial charge in [-0.3, -0.25) is 0 Å². The highest BCUT2D eigenvalue weighted by molar-refractivity contribution is 5.42. The van der Waals surface area contributed by atoms with Crippen molar-refractivity contribution in [2.45, 2.75) is 25.3 Å². The Balaban J connectivity index is 2.06. The number of hydrogen-bond acceptors (Lipinski definition) is 4. The van der Waals surface area contributed by atoms with Crippen LogP contribution in [0.25, 0.3) is 0 Å². The lowest BCUT2D eigenvalue weighted by atomic mass is 10.1. The largest absolute Gasteiger partial charge is 0.357 e. The molecule has 2 heterocycles. The van der Waals surface area contributed by atoms with Gasteiger partial charge in [-0.1, -0.05) is 0 Å². The molecule has 0 aromatic carbocycles. The van der Waals surface area contributed by atoms with Crippen LogP contribution in [0.4, 0.5) is 5.82 Å². The molecule has 0 saturated carbocycles. The first-order valence-corrected chi connectivity index (χ1v) is 6.11. The molecule has 0 spiro atoms. The molecule has 0 bridgehead atoms. The van der Waals surface area contributed by atoms with Crippen molar-refractivity contribution in [3.63, 3.8) is 0 Å². The van der Waals surface area contributed by atoms with Gasteiger partial charge in [0.25, 0.3) is 0 Å². The van der Waals surface area contributed by atoms with E-state index in [0.29, 0.717) is 11.6 Å². The summed E-state index contributed by atoms with van der Waals surface area (Å²) in [4.78, 5) is 6.57. The zero-order chi connectivity index (χ0) is 12.1. The van der Waals surface area contributed by atoms with Crippen molar-refractivity contribution in [1.82, 2.24) is 10.3 Å². The summed E-state index contributed by atoms with van der Waals surface area (Å²) < 4.78 is 0. The van der Waals surface area contributed by atoms with Gasteiger partial charge in [0.2, 0.25) is 0 Å². The van der Waals surface area contributed by atoms with Crippen LogP contribution in [0.5, 0.6) is 0 Å². The maximum absolute atomic E-state index is 8.74. The molecule has 1 N–H and O–H groups in total. The summed E-state index contributed by atoms with van der Waals surface area (Å²) in [5, 5.41) is 12.2. The lowest BCUT2D eigenvalue weighted by molar-refractivity contribution is 0.562. The van der Waals surface area contributed by atoms with Gasteiger partial charge >= 0.3 is 0 Å². The highest BCUT2D eigenvalue weighted by Crippen LogP contribution is 2.18. The number of hydrogen-bond donors (Lipinski definition) is 1. The third-order valence-corrected chi connectivity index (χ3v) is 3.33. The summed E-state index contributed by atoms with van der Waals surface area (Å²) in [7, 11) is 2.09. The molecular formula is C13H18N4. The van der Waals surface area contributed by atoms with Gasteiger partial charge in [-0.15, -0.1) is 0 Å². The van der Waals surface area contributed by atoms with Crippen molar-refractivity contribution in [3.05, 3.63) is 23.9 Å². The number of nitriles is 1. The number of aromatic nitrogens is 1. The number of anilines is 1. The average molecular weight is 230 g/mol. The molecule has 17 heavy (non-hydrogen) atoms. The van der Waals surface area contributed by atoms with Crippen LogP contribution in [-0.4, -0.2) is 31.2 Å². The molecule has 1 aromatic rings. The minimum atomic E-state index is 0.547. The molecule has 2 rings (SSSR count). The van der Waals surface area contributed by atoms with E-state index < -0.39 is 0 Å². The van der Waals surface area contributed by atoms with Crippen LogP contribution in [0.15, 0.2) is 18.3 Å². The number of rotatable bonds is 2. The van der Waals surface area contributed by atoms with E-state index in [-0.39, 0.29) is 0 Å². The van der Waals surface area contributed by atoms with Gasteiger partial charge < -0.3 is 10.2 Å². The standard InChI is InChI=1S/C13H18N4/c1-17(12-3-2-7-15-8-6-12)13-5-4-11(9-14)10-16-13/h4-5,10,12,15H,2-3,6-8H2,1H3. The lowest BCUT2D eigenvalue weighted by Crippen LogP contribution is -2.32. The van der Waals surface area contributed by atoms with Gasteiger partial charge in [0.05, 0.1) is 5.56 Å². The van der Waals surface area contributed by atoms with E-state index in [1.54, 1.807) is 6.20 Å². The van der Waals surface area contributed by atoms with E-state index in [1.807, 2.05) is 12.1 Å². The predicted octanol–water partition coefficient (Wildman–Crippen LogP) is 1.53. The van der Waals surface area contributed by atoms with Crippen molar-refractivity contribution >= 4 is 5.82 Å². The van der Waals surface area contributed by atoms with Gasteiger partial charge in [0.1, 0.15) is 11.9 Å². The van der Waals surface area contributed by atoms with Gasteiger partial charge in [-0.2, -0.15) is 5.26 Å². The van der Waals surface area contributed by atoms with Crippen LogP contribution in [0, 0.1) is 11.3 Å².